The number of thioether (sulfide) groups is 1. The topological polar surface area (TPSA) is 126 Å². The van der Waals surface area contributed by atoms with Gasteiger partial charge in [0.2, 0.25) is 12.2 Å². The molecule has 42 heavy (non-hydrogen) atoms. The molecule has 2 fully saturated rings. The molecule has 12 heteroatoms. The highest BCUT2D eigenvalue weighted by Crippen LogP contribution is 2.37. The van der Waals surface area contributed by atoms with Gasteiger partial charge < -0.3 is 19.0 Å². The molecule has 2 aromatic rings. The maximum absolute atomic E-state index is 13.9. The zero-order chi connectivity index (χ0) is 30.5. The Morgan fingerprint density at radius 2 is 1.83 bits per heavy atom. The summed E-state index contributed by atoms with van der Waals surface area (Å²) in [6.07, 6.45) is 5.59. The van der Waals surface area contributed by atoms with Crippen molar-refractivity contribution >= 4 is 35.9 Å². The smallest absolute Gasteiger partial charge is 0.328 e. The van der Waals surface area contributed by atoms with Gasteiger partial charge in [0.05, 0.1) is 24.6 Å². The zero-order valence-electron chi connectivity index (χ0n) is 25.1. The lowest BCUT2D eigenvalue weighted by molar-refractivity contribution is -0.133. The van der Waals surface area contributed by atoms with Gasteiger partial charge in [-0.05, 0) is 56.4 Å². The van der Waals surface area contributed by atoms with Crippen LogP contribution in [0, 0.1) is 5.92 Å². The minimum Gasteiger partial charge on any atom is -0.408 e. The number of ketones is 1. The molecule has 1 aliphatic heterocycles. The van der Waals surface area contributed by atoms with Gasteiger partial charge in [-0.1, -0.05) is 63.4 Å². The molecule has 4 rings (SSSR count). The number of likely N-dealkylation sites (N-methyl/N-ethyl adjacent to an activating group) is 1. The number of hydrogen-bond donors (Lipinski definition) is 0. The molecular formula is C30H41N5O6S. The van der Waals surface area contributed by atoms with E-state index in [0.717, 1.165) is 60.7 Å². The molecule has 0 radical (unpaired) electrons. The molecule has 1 aromatic carbocycles. The fourth-order valence-electron chi connectivity index (χ4n) is 5.65. The largest absolute Gasteiger partial charge is 0.408 e. The van der Waals surface area contributed by atoms with Crippen LogP contribution in [0.4, 0.5) is 4.79 Å². The third-order valence-corrected chi connectivity index (χ3v) is 9.12. The van der Waals surface area contributed by atoms with Crippen LogP contribution in [0.5, 0.6) is 0 Å². The molecule has 0 bridgehead atoms. The Labute approximate surface area is 251 Å². The van der Waals surface area contributed by atoms with Gasteiger partial charge in [0, 0.05) is 7.05 Å². The Bertz CT molecular complexity index is 1260. The number of carbonyl (C=O) groups excluding carboxylic acids is 4. The Morgan fingerprint density at radius 1 is 1.14 bits per heavy atom. The van der Waals surface area contributed by atoms with E-state index in [-0.39, 0.29) is 28.8 Å². The summed E-state index contributed by atoms with van der Waals surface area (Å²) in [5, 5.41) is 8.05. The summed E-state index contributed by atoms with van der Waals surface area (Å²) in [5.41, 5.74) is -0.536. The molecular weight excluding hydrogens is 558 g/mol. The van der Waals surface area contributed by atoms with Gasteiger partial charge in [0.15, 0.2) is 0 Å². The maximum Gasteiger partial charge on any atom is 0.328 e. The predicted molar refractivity (Wildman–Crippen MR) is 156 cm³/mol. The highest BCUT2D eigenvalue weighted by Gasteiger charge is 2.49. The molecule has 228 valence electrons. The highest BCUT2D eigenvalue weighted by atomic mass is 32.2. The fourth-order valence-corrected chi connectivity index (χ4v) is 6.36. The van der Waals surface area contributed by atoms with E-state index in [1.54, 1.807) is 25.8 Å². The normalized spacial score (nSPS) is 18.9. The summed E-state index contributed by atoms with van der Waals surface area (Å²) >= 11 is 1.00. The van der Waals surface area contributed by atoms with Crippen LogP contribution >= 0.6 is 11.8 Å². The van der Waals surface area contributed by atoms with E-state index in [2.05, 4.69) is 10.2 Å². The van der Waals surface area contributed by atoms with E-state index in [1.165, 1.54) is 4.90 Å². The summed E-state index contributed by atoms with van der Waals surface area (Å²) in [4.78, 5) is 56.1. The molecule has 1 aliphatic carbocycles. The van der Waals surface area contributed by atoms with Crippen molar-refractivity contribution in [2.45, 2.75) is 95.2 Å². The second kappa shape index (κ2) is 13.4. The number of carbonyl (C=O) groups is 4. The number of amides is 4. The third kappa shape index (κ3) is 6.70. The van der Waals surface area contributed by atoms with Gasteiger partial charge >= 0.3 is 6.03 Å². The highest BCUT2D eigenvalue weighted by molar-refractivity contribution is 7.99. The van der Waals surface area contributed by atoms with E-state index < -0.39 is 28.9 Å². The summed E-state index contributed by atoms with van der Waals surface area (Å²) in [5.74, 6) is -0.889. The van der Waals surface area contributed by atoms with Crippen molar-refractivity contribution in [3.8, 4) is 0 Å². The lowest BCUT2D eigenvalue weighted by Gasteiger charge is -2.47. The summed E-state index contributed by atoms with van der Waals surface area (Å²) in [7, 11) is 1.58. The number of nitrogens with zero attached hydrogens (tertiary/aromatic N) is 5. The molecule has 1 saturated carbocycles. The number of benzene rings is 1. The number of hydrogen-bond acceptors (Lipinski definition) is 9. The maximum atomic E-state index is 13.9. The van der Waals surface area contributed by atoms with Crippen LogP contribution in [0.25, 0.3) is 0 Å². The van der Waals surface area contributed by atoms with Crippen LogP contribution in [-0.2, 0) is 20.9 Å². The monoisotopic (exact) mass is 599 g/mol. The fraction of sp³-hybridized carbons (Fsp3) is 0.600. The van der Waals surface area contributed by atoms with E-state index in [1.807, 2.05) is 44.2 Å². The zero-order valence-corrected chi connectivity index (χ0v) is 25.9. The molecule has 4 amide bonds. The standard InChI is InChI=1S/C30H41N5O6S/c1-21(2)16-23(35(19-36)30(14-10-7-11-15-30)18-40-17-22-12-8-6-9-13-22)24(37)25-31-32-27(41-25)42-20-34-26(38)29(3,4)33(5)28(34)39/h6,8-9,12-13,19,21,23H,7,10-11,14-18,20H2,1-5H3/t23-/m0/s1. The summed E-state index contributed by atoms with van der Waals surface area (Å²) in [6, 6.07) is 8.64. The summed E-state index contributed by atoms with van der Waals surface area (Å²) < 4.78 is 11.9. The van der Waals surface area contributed by atoms with Crippen molar-refractivity contribution in [1.82, 2.24) is 24.9 Å². The van der Waals surface area contributed by atoms with Gasteiger partial charge in [0.25, 0.3) is 17.0 Å². The molecule has 11 nitrogen and oxygen atoms in total. The van der Waals surface area contributed by atoms with E-state index in [9.17, 15) is 19.2 Å². The molecule has 1 saturated heterocycles. The first-order valence-corrected chi connectivity index (χ1v) is 15.4. The Kier molecular flexibility index (Phi) is 10.1. The molecule has 1 atom stereocenters. The minimum absolute atomic E-state index is 0.0288. The van der Waals surface area contributed by atoms with E-state index in [4.69, 9.17) is 9.15 Å². The number of aromatic nitrogens is 2. The first-order valence-electron chi connectivity index (χ1n) is 14.5. The Hall–Kier alpha value is -3.25. The lowest BCUT2D eigenvalue weighted by Crippen LogP contribution is -2.59. The molecule has 0 spiro atoms. The van der Waals surface area contributed by atoms with Crippen molar-refractivity contribution in [2.24, 2.45) is 5.92 Å². The second-order valence-corrected chi connectivity index (χ2v) is 13.0. The van der Waals surface area contributed by atoms with Crippen molar-refractivity contribution < 1.29 is 28.3 Å². The quantitative estimate of drug-likeness (QED) is 0.131. The molecule has 2 aliphatic rings. The Balaban J connectivity index is 1.51. The van der Waals surface area contributed by atoms with Crippen molar-refractivity contribution in [3.05, 3.63) is 41.8 Å². The first-order chi connectivity index (χ1) is 20.0. The van der Waals surface area contributed by atoms with Crippen LogP contribution in [0.2, 0.25) is 0 Å². The number of ether oxygens (including phenoxy) is 1. The van der Waals surface area contributed by atoms with Gasteiger partial charge in [-0.3, -0.25) is 19.3 Å². The van der Waals surface area contributed by atoms with Crippen LogP contribution in [0.15, 0.2) is 40.0 Å². The van der Waals surface area contributed by atoms with Crippen molar-refractivity contribution in [1.29, 1.82) is 0 Å². The third-order valence-electron chi connectivity index (χ3n) is 8.32. The van der Waals surface area contributed by atoms with Crippen LogP contribution in [-0.4, -0.2) is 85.7 Å². The molecule has 1 aromatic heterocycles. The first kappa shape index (κ1) is 31.7. The number of imide groups is 1. The Morgan fingerprint density at radius 3 is 2.43 bits per heavy atom. The van der Waals surface area contributed by atoms with Gasteiger partial charge in [-0.25, -0.2) is 4.79 Å². The summed E-state index contributed by atoms with van der Waals surface area (Å²) in [6.45, 7) is 8.09. The van der Waals surface area contributed by atoms with E-state index in [0.29, 0.717) is 19.6 Å². The second-order valence-electron chi connectivity index (χ2n) is 12.1. The van der Waals surface area contributed by atoms with Crippen LogP contribution in [0.3, 0.4) is 0 Å². The van der Waals surface area contributed by atoms with E-state index >= 15 is 0 Å². The van der Waals surface area contributed by atoms with Crippen LogP contribution < -0.4 is 0 Å². The average molecular weight is 600 g/mol. The van der Waals surface area contributed by atoms with Gasteiger partial charge in [-0.15, -0.1) is 10.2 Å². The molecule has 0 unspecified atom stereocenters. The predicted octanol–water partition coefficient (Wildman–Crippen LogP) is 4.77. The molecule has 0 N–H and O–H groups in total. The molecule has 2 heterocycles. The van der Waals surface area contributed by atoms with Crippen molar-refractivity contribution in [3.63, 3.8) is 0 Å². The SMILES string of the molecule is CC(C)C[C@@H](C(=O)c1nnc(SCN2C(=O)N(C)C(C)(C)C2=O)o1)N(C=O)C1(COCc2ccccc2)CCCCC1. The van der Waals surface area contributed by atoms with Gasteiger partial charge in [0.1, 0.15) is 11.6 Å². The number of rotatable bonds is 14. The minimum atomic E-state index is -0.949. The van der Waals surface area contributed by atoms with Gasteiger partial charge in [-0.2, -0.15) is 0 Å². The number of urea groups is 1. The van der Waals surface area contributed by atoms with Crippen LogP contribution in [0.1, 0.15) is 82.5 Å². The van der Waals surface area contributed by atoms with Crippen molar-refractivity contribution in [2.75, 3.05) is 19.5 Å². The lowest BCUT2D eigenvalue weighted by atomic mass is 9.79. The average Bonchev–Trinajstić information content (AvgIpc) is 3.50. The number of Topliss-reactive ketones (excluding diaryl/α,β-unsaturated/α-hetero) is 1.